The van der Waals surface area contributed by atoms with Crippen LogP contribution in [0.5, 0.6) is 0 Å². The van der Waals surface area contributed by atoms with Crippen LogP contribution in [-0.4, -0.2) is 17.4 Å². The molecule has 0 spiro atoms. The number of esters is 1. The van der Waals surface area contributed by atoms with Crippen molar-refractivity contribution in [1.29, 1.82) is 0 Å². The first-order valence-corrected chi connectivity index (χ1v) is 6.54. The molecule has 0 aliphatic rings. The summed E-state index contributed by atoms with van der Waals surface area (Å²) in [6, 6.07) is 8.87. The van der Waals surface area contributed by atoms with E-state index in [1.807, 2.05) is 19.9 Å². The number of Topliss-reactive ketones (excluding diaryl/α,β-unsaturated/α-hetero) is 1. The van der Waals surface area contributed by atoms with Crippen LogP contribution in [0.4, 0.5) is 0 Å². The molecule has 19 heavy (non-hydrogen) atoms. The number of ketones is 1. The Kier molecular flexibility index (Phi) is 4.87. The molecule has 3 nitrogen and oxygen atoms in total. The summed E-state index contributed by atoms with van der Waals surface area (Å²) in [4.78, 5) is 24.6. The summed E-state index contributed by atoms with van der Waals surface area (Å²) >= 11 is 0. The highest BCUT2D eigenvalue weighted by Crippen LogP contribution is 2.22. The standard InChI is InChI=1S/C16H22O3/c1-11(2)13(15(18)19-16(3,4)5)14(17)12-9-7-6-8-10-12/h6-11,13H,1-5H3. The molecule has 1 aromatic carbocycles. The first-order chi connectivity index (χ1) is 8.72. The summed E-state index contributed by atoms with van der Waals surface area (Å²) in [5.74, 6) is -1.47. The van der Waals surface area contributed by atoms with Gasteiger partial charge in [0.15, 0.2) is 5.78 Å². The number of hydrogen-bond donors (Lipinski definition) is 0. The van der Waals surface area contributed by atoms with Crippen molar-refractivity contribution in [2.45, 2.75) is 40.2 Å². The van der Waals surface area contributed by atoms with Gasteiger partial charge in [0, 0.05) is 5.56 Å². The Morgan fingerprint density at radius 3 is 2.00 bits per heavy atom. The number of carbonyl (C=O) groups excluding carboxylic acids is 2. The Bertz CT molecular complexity index is 441. The van der Waals surface area contributed by atoms with Gasteiger partial charge < -0.3 is 4.74 Å². The van der Waals surface area contributed by atoms with E-state index >= 15 is 0 Å². The minimum absolute atomic E-state index is 0.0949. The van der Waals surface area contributed by atoms with Crippen LogP contribution in [0.1, 0.15) is 45.0 Å². The van der Waals surface area contributed by atoms with Crippen LogP contribution in [0, 0.1) is 11.8 Å². The van der Waals surface area contributed by atoms with E-state index in [1.54, 1.807) is 45.0 Å². The van der Waals surface area contributed by atoms with Crippen LogP contribution in [-0.2, 0) is 9.53 Å². The average molecular weight is 262 g/mol. The maximum atomic E-state index is 12.4. The molecule has 0 aliphatic carbocycles. The van der Waals surface area contributed by atoms with Gasteiger partial charge in [-0.1, -0.05) is 44.2 Å². The van der Waals surface area contributed by atoms with Crippen molar-refractivity contribution >= 4 is 11.8 Å². The Hall–Kier alpha value is -1.64. The van der Waals surface area contributed by atoms with Gasteiger partial charge in [-0.2, -0.15) is 0 Å². The highest BCUT2D eigenvalue weighted by molar-refractivity contribution is 6.08. The molecule has 1 unspecified atom stereocenters. The second-order valence-corrected chi connectivity index (χ2v) is 5.99. The summed E-state index contributed by atoms with van der Waals surface area (Å²) in [5, 5.41) is 0. The second kappa shape index (κ2) is 6.00. The summed E-state index contributed by atoms with van der Waals surface area (Å²) in [6.45, 7) is 9.12. The van der Waals surface area contributed by atoms with Crippen molar-refractivity contribution in [3.05, 3.63) is 35.9 Å². The first-order valence-electron chi connectivity index (χ1n) is 6.54. The SMILES string of the molecule is CC(C)C(C(=O)OC(C)(C)C)C(=O)c1ccccc1. The predicted octanol–water partition coefficient (Wildman–Crippen LogP) is 3.48. The van der Waals surface area contributed by atoms with Gasteiger partial charge in [0.25, 0.3) is 0 Å². The maximum Gasteiger partial charge on any atom is 0.317 e. The molecule has 1 atom stereocenters. The molecule has 0 aliphatic heterocycles. The minimum atomic E-state index is -0.748. The Morgan fingerprint density at radius 2 is 1.58 bits per heavy atom. The van der Waals surface area contributed by atoms with Gasteiger partial charge in [-0.3, -0.25) is 9.59 Å². The van der Waals surface area contributed by atoms with E-state index in [0.717, 1.165) is 0 Å². The third-order valence-corrected chi connectivity index (χ3v) is 2.67. The van der Waals surface area contributed by atoms with Gasteiger partial charge in [0.2, 0.25) is 0 Å². The van der Waals surface area contributed by atoms with Gasteiger partial charge in [0.1, 0.15) is 11.5 Å². The molecule has 1 aromatic rings. The van der Waals surface area contributed by atoms with Crippen molar-refractivity contribution in [3.8, 4) is 0 Å². The van der Waals surface area contributed by atoms with E-state index in [4.69, 9.17) is 4.74 Å². The highest BCUT2D eigenvalue weighted by atomic mass is 16.6. The molecule has 0 fully saturated rings. The van der Waals surface area contributed by atoms with Gasteiger partial charge in [-0.25, -0.2) is 0 Å². The van der Waals surface area contributed by atoms with Gasteiger partial charge in [0.05, 0.1) is 0 Å². The quantitative estimate of drug-likeness (QED) is 0.474. The fourth-order valence-electron chi connectivity index (χ4n) is 1.83. The van der Waals surface area contributed by atoms with Gasteiger partial charge >= 0.3 is 5.97 Å². The topological polar surface area (TPSA) is 43.4 Å². The van der Waals surface area contributed by atoms with E-state index in [-0.39, 0.29) is 11.7 Å². The van der Waals surface area contributed by atoms with Crippen molar-refractivity contribution < 1.29 is 14.3 Å². The summed E-state index contributed by atoms with van der Waals surface area (Å²) in [6.07, 6.45) is 0. The van der Waals surface area contributed by atoms with E-state index in [1.165, 1.54) is 0 Å². The third kappa shape index (κ3) is 4.51. The summed E-state index contributed by atoms with van der Waals surface area (Å²) in [7, 11) is 0. The lowest BCUT2D eigenvalue weighted by molar-refractivity contribution is -0.159. The molecule has 0 N–H and O–H groups in total. The molecule has 0 radical (unpaired) electrons. The molecule has 0 amide bonds. The van der Waals surface area contributed by atoms with Crippen molar-refractivity contribution in [2.75, 3.05) is 0 Å². The van der Waals surface area contributed by atoms with Crippen LogP contribution in [0.25, 0.3) is 0 Å². The Labute approximate surface area is 115 Å². The van der Waals surface area contributed by atoms with Gasteiger partial charge in [-0.15, -0.1) is 0 Å². The molecule has 0 bridgehead atoms. The number of benzene rings is 1. The smallest absolute Gasteiger partial charge is 0.317 e. The predicted molar refractivity (Wildman–Crippen MR) is 74.9 cm³/mol. The monoisotopic (exact) mass is 262 g/mol. The van der Waals surface area contributed by atoms with Crippen LogP contribution in [0.3, 0.4) is 0 Å². The zero-order valence-electron chi connectivity index (χ0n) is 12.3. The highest BCUT2D eigenvalue weighted by Gasteiger charge is 2.34. The molecule has 0 aromatic heterocycles. The molecule has 3 heteroatoms. The fraction of sp³-hybridized carbons (Fsp3) is 0.500. The molecular formula is C16H22O3. The zero-order chi connectivity index (χ0) is 14.6. The van der Waals surface area contributed by atoms with Gasteiger partial charge in [-0.05, 0) is 26.7 Å². The van der Waals surface area contributed by atoms with Crippen LogP contribution >= 0.6 is 0 Å². The number of rotatable bonds is 4. The second-order valence-electron chi connectivity index (χ2n) is 5.99. The Balaban J connectivity index is 2.96. The maximum absolute atomic E-state index is 12.4. The first kappa shape index (κ1) is 15.4. The molecule has 0 saturated heterocycles. The zero-order valence-corrected chi connectivity index (χ0v) is 12.3. The molecule has 0 saturated carbocycles. The molecule has 0 heterocycles. The number of carbonyl (C=O) groups is 2. The average Bonchev–Trinajstić information content (AvgIpc) is 2.27. The number of hydrogen-bond acceptors (Lipinski definition) is 3. The largest absolute Gasteiger partial charge is 0.459 e. The third-order valence-electron chi connectivity index (χ3n) is 2.67. The van der Waals surface area contributed by atoms with Crippen LogP contribution < -0.4 is 0 Å². The van der Waals surface area contributed by atoms with Crippen molar-refractivity contribution in [3.63, 3.8) is 0 Å². The van der Waals surface area contributed by atoms with E-state index in [0.29, 0.717) is 5.56 Å². The van der Waals surface area contributed by atoms with Crippen LogP contribution in [0.15, 0.2) is 30.3 Å². The van der Waals surface area contributed by atoms with Crippen LogP contribution in [0.2, 0.25) is 0 Å². The lowest BCUT2D eigenvalue weighted by Crippen LogP contribution is -2.35. The number of ether oxygens (including phenoxy) is 1. The molecule has 1 rings (SSSR count). The summed E-state index contributed by atoms with van der Waals surface area (Å²) < 4.78 is 5.34. The fourth-order valence-corrected chi connectivity index (χ4v) is 1.83. The van der Waals surface area contributed by atoms with E-state index < -0.39 is 17.5 Å². The molecular weight excluding hydrogens is 240 g/mol. The lowest BCUT2D eigenvalue weighted by Gasteiger charge is -2.25. The van der Waals surface area contributed by atoms with Crippen molar-refractivity contribution in [2.24, 2.45) is 11.8 Å². The normalized spacial score (nSPS) is 13.2. The van der Waals surface area contributed by atoms with E-state index in [2.05, 4.69) is 0 Å². The lowest BCUT2D eigenvalue weighted by atomic mass is 9.88. The Morgan fingerprint density at radius 1 is 1.05 bits per heavy atom. The van der Waals surface area contributed by atoms with E-state index in [9.17, 15) is 9.59 Å². The summed E-state index contributed by atoms with van der Waals surface area (Å²) in [5.41, 5.74) is -0.0339. The molecule has 104 valence electrons. The minimum Gasteiger partial charge on any atom is -0.459 e. The van der Waals surface area contributed by atoms with Crippen molar-refractivity contribution in [1.82, 2.24) is 0 Å².